The first-order chi connectivity index (χ1) is 12.5. The standard InChI is InChI=1S/C19H18BrN5O/c1-11-9-13(20)10-25-17(12(2)22-18(11)25)19(26)21-8-7-16-23-14-5-3-4-6-15(14)24-16/h3-6,9-10H,7-8H2,1-2H3,(H,21,26)(H,23,24). The lowest BCUT2D eigenvalue weighted by Crippen LogP contribution is -2.27. The fraction of sp³-hybridized carbons (Fsp3) is 0.211. The van der Waals surface area contributed by atoms with Crippen LogP contribution in [0.1, 0.15) is 27.6 Å². The second-order valence-electron chi connectivity index (χ2n) is 6.29. The normalized spacial score (nSPS) is 11.3. The van der Waals surface area contributed by atoms with Gasteiger partial charge in [-0.15, -0.1) is 0 Å². The molecule has 0 radical (unpaired) electrons. The Bertz CT molecular complexity index is 1090. The molecule has 6 nitrogen and oxygen atoms in total. The van der Waals surface area contributed by atoms with Gasteiger partial charge in [0, 0.05) is 23.6 Å². The van der Waals surface area contributed by atoms with Crippen molar-refractivity contribution in [2.75, 3.05) is 6.54 Å². The second-order valence-corrected chi connectivity index (χ2v) is 7.20. The van der Waals surface area contributed by atoms with E-state index in [2.05, 4.69) is 36.2 Å². The molecule has 4 aromatic rings. The zero-order valence-electron chi connectivity index (χ0n) is 14.5. The molecule has 0 saturated carbocycles. The molecule has 3 aromatic heterocycles. The fourth-order valence-electron chi connectivity index (χ4n) is 3.16. The van der Waals surface area contributed by atoms with E-state index < -0.39 is 0 Å². The van der Waals surface area contributed by atoms with Gasteiger partial charge in [0.05, 0.1) is 16.7 Å². The first-order valence-electron chi connectivity index (χ1n) is 8.39. The van der Waals surface area contributed by atoms with Crippen molar-refractivity contribution < 1.29 is 4.79 Å². The first kappa shape index (κ1) is 16.8. The van der Waals surface area contributed by atoms with Crippen molar-refractivity contribution in [3.05, 3.63) is 63.8 Å². The smallest absolute Gasteiger partial charge is 0.270 e. The minimum absolute atomic E-state index is 0.136. The van der Waals surface area contributed by atoms with Gasteiger partial charge in [-0.1, -0.05) is 12.1 Å². The molecule has 7 heteroatoms. The Morgan fingerprint density at radius 3 is 2.88 bits per heavy atom. The maximum atomic E-state index is 12.7. The zero-order chi connectivity index (χ0) is 18.3. The predicted molar refractivity (Wildman–Crippen MR) is 104 cm³/mol. The number of pyridine rings is 1. The molecule has 0 aliphatic rings. The molecular formula is C19H18BrN5O. The summed E-state index contributed by atoms with van der Waals surface area (Å²) in [5, 5.41) is 2.97. The Hall–Kier alpha value is -2.67. The highest BCUT2D eigenvalue weighted by Crippen LogP contribution is 2.20. The molecule has 0 spiro atoms. The molecule has 3 heterocycles. The monoisotopic (exact) mass is 411 g/mol. The highest BCUT2D eigenvalue weighted by Gasteiger charge is 2.18. The molecule has 0 bridgehead atoms. The van der Waals surface area contributed by atoms with Crippen LogP contribution in [0.2, 0.25) is 0 Å². The number of carbonyl (C=O) groups is 1. The van der Waals surface area contributed by atoms with Gasteiger partial charge in [-0.25, -0.2) is 9.97 Å². The van der Waals surface area contributed by atoms with Crippen LogP contribution in [0.3, 0.4) is 0 Å². The Balaban J connectivity index is 1.51. The number of rotatable bonds is 4. The summed E-state index contributed by atoms with van der Waals surface area (Å²) in [5.41, 5.74) is 5.04. The summed E-state index contributed by atoms with van der Waals surface area (Å²) in [5.74, 6) is 0.726. The summed E-state index contributed by atoms with van der Waals surface area (Å²) in [7, 11) is 0. The van der Waals surface area contributed by atoms with Crippen molar-refractivity contribution in [2.24, 2.45) is 0 Å². The topological polar surface area (TPSA) is 75.1 Å². The lowest BCUT2D eigenvalue weighted by atomic mass is 10.3. The van der Waals surface area contributed by atoms with E-state index in [1.54, 1.807) is 0 Å². The van der Waals surface area contributed by atoms with Crippen LogP contribution >= 0.6 is 15.9 Å². The van der Waals surface area contributed by atoms with Crippen LogP contribution in [-0.2, 0) is 6.42 Å². The molecule has 0 aliphatic carbocycles. The molecule has 0 saturated heterocycles. The summed E-state index contributed by atoms with van der Waals surface area (Å²) in [6.07, 6.45) is 2.51. The van der Waals surface area contributed by atoms with E-state index >= 15 is 0 Å². The Labute approximate surface area is 158 Å². The Morgan fingerprint density at radius 1 is 1.27 bits per heavy atom. The number of fused-ring (bicyclic) bond motifs is 2. The van der Waals surface area contributed by atoms with E-state index in [1.165, 1.54) is 0 Å². The van der Waals surface area contributed by atoms with Gasteiger partial charge in [0.15, 0.2) is 0 Å². The van der Waals surface area contributed by atoms with Gasteiger partial charge >= 0.3 is 0 Å². The van der Waals surface area contributed by atoms with Gasteiger partial charge < -0.3 is 10.3 Å². The van der Waals surface area contributed by atoms with Gasteiger partial charge in [-0.2, -0.15) is 0 Å². The summed E-state index contributed by atoms with van der Waals surface area (Å²) in [4.78, 5) is 25.0. The fourth-order valence-corrected chi connectivity index (χ4v) is 3.71. The molecule has 1 amide bonds. The van der Waals surface area contributed by atoms with Crippen molar-refractivity contribution in [1.82, 2.24) is 24.7 Å². The number of aryl methyl sites for hydroxylation is 2. The van der Waals surface area contributed by atoms with Crippen LogP contribution in [0.25, 0.3) is 16.7 Å². The summed E-state index contributed by atoms with van der Waals surface area (Å²) < 4.78 is 2.75. The van der Waals surface area contributed by atoms with Gasteiger partial charge in [0.2, 0.25) is 0 Å². The SMILES string of the molecule is Cc1nc2c(C)cc(Br)cn2c1C(=O)NCCc1nc2ccccc2[nH]1. The van der Waals surface area contributed by atoms with E-state index in [4.69, 9.17) is 0 Å². The van der Waals surface area contributed by atoms with Crippen molar-refractivity contribution >= 4 is 38.5 Å². The minimum atomic E-state index is -0.136. The van der Waals surface area contributed by atoms with Gasteiger partial charge in [0.1, 0.15) is 17.2 Å². The number of benzene rings is 1. The number of imidazole rings is 2. The third-order valence-electron chi connectivity index (χ3n) is 4.35. The van der Waals surface area contributed by atoms with E-state index in [-0.39, 0.29) is 5.91 Å². The van der Waals surface area contributed by atoms with Crippen molar-refractivity contribution in [3.8, 4) is 0 Å². The highest BCUT2D eigenvalue weighted by atomic mass is 79.9. The maximum absolute atomic E-state index is 12.7. The van der Waals surface area contributed by atoms with E-state index in [0.717, 1.165) is 32.5 Å². The zero-order valence-corrected chi connectivity index (χ0v) is 16.1. The Kier molecular flexibility index (Phi) is 4.24. The van der Waals surface area contributed by atoms with Crippen molar-refractivity contribution in [3.63, 3.8) is 0 Å². The number of carbonyl (C=O) groups excluding carboxylic acids is 1. The molecule has 1 aromatic carbocycles. The quantitative estimate of drug-likeness (QED) is 0.538. The number of nitrogens with zero attached hydrogens (tertiary/aromatic N) is 3. The maximum Gasteiger partial charge on any atom is 0.270 e. The van der Waals surface area contributed by atoms with Crippen molar-refractivity contribution in [1.29, 1.82) is 0 Å². The Morgan fingerprint density at radius 2 is 2.08 bits per heavy atom. The number of H-pyrrole nitrogens is 1. The summed E-state index contributed by atoms with van der Waals surface area (Å²) in [6, 6.07) is 9.88. The van der Waals surface area contributed by atoms with Crippen LogP contribution in [0.4, 0.5) is 0 Å². The summed E-state index contributed by atoms with van der Waals surface area (Å²) >= 11 is 3.48. The number of nitrogens with one attached hydrogen (secondary N) is 2. The molecule has 0 unspecified atom stereocenters. The lowest BCUT2D eigenvalue weighted by molar-refractivity contribution is 0.0947. The molecule has 2 N–H and O–H groups in total. The third-order valence-corrected chi connectivity index (χ3v) is 4.78. The largest absolute Gasteiger partial charge is 0.350 e. The number of amides is 1. The average molecular weight is 412 g/mol. The number of para-hydroxylation sites is 2. The van der Waals surface area contributed by atoms with Crippen molar-refractivity contribution in [2.45, 2.75) is 20.3 Å². The molecule has 0 fully saturated rings. The first-order valence-corrected chi connectivity index (χ1v) is 9.19. The molecule has 0 atom stereocenters. The molecule has 0 aliphatic heterocycles. The third kappa shape index (κ3) is 2.99. The molecular weight excluding hydrogens is 394 g/mol. The number of aromatic nitrogens is 4. The molecule has 26 heavy (non-hydrogen) atoms. The van der Waals surface area contributed by atoms with Gasteiger partial charge in [0.25, 0.3) is 5.91 Å². The van der Waals surface area contributed by atoms with Crippen LogP contribution in [0.15, 0.2) is 41.0 Å². The van der Waals surface area contributed by atoms with E-state index in [0.29, 0.717) is 24.4 Å². The second kappa shape index (κ2) is 6.57. The number of hydrogen-bond donors (Lipinski definition) is 2. The van der Waals surface area contributed by atoms with Crippen LogP contribution in [-0.4, -0.2) is 31.8 Å². The number of aromatic amines is 1. The summed E-state index contributed by atoms with van der Waals surface area (Å²) in [6.45, 7) is 4.34. The van der Waals surface area contributed by atoms with E-state index in [1.807, 2.05) is 54.8 Å². The van der Waals surface area contributed by atoms with Crippen LogP contribution in [0, 0.1) is 13.8 Å². The molecule has 132 valence electrons. The highest BCUT2D eigenvalue weighted by molar-refractivity contribution is 9.10. The van der Waals surface area contributed by atoms with Crippen LogP contribution in [0.5, 0.6) is 0 Å². The molecule has 4 rings (SSSR count). The lowest BCUT2D eigenvalue weighted by Gasteiger charge is -2.06. The van der Waals surface area contributed by atoms with Gasteiger partial charge in [-0.3, -0.25) is 9.20 Å². The average Bonchev–Trinajstić information content (AvgIpc) is 3.15. The number of halogens is 1. The van der Waals surface area contributed by atoms with Gasteiger partial charge in [-0.05, 0) is 53.5 Å². The van der Waals surface area contributed by atoms with E-state index in [9.17, 15) is 4.79 Å². The number of hydrogen-bond acceptors (Lipinski definition) is 3. The van der Waals surface area contributed by atoms with Crippen LogP contribution < -0.4 is 5.32 Å². The minimum Gasteiger partial charge on any atom is -0.350 e. The predicted octanol–water partition coefficient (Wildman–Crippen LogP) is 3.56.